The van der Waals surface area contributed by atoms with Crippen molar-refractivity contribution in [1.29, 1.82) is 0 Å². The zero-order valence-electron chi connectivity index (χ0n) is 10.7. The molecule has 4 nitrogen and oxygen atoms in total. The average molecular weight is 267 g/mol. The van der Waals surface area contributed by atoms with E-state index in [-0.39, 0.29) is 6.42 Å². The van der Waals surface area contributed by atoms with Crippen molar-refractivity contribution in [2.24, 2.45) is 4.99 Å². The SMILES string of the molecule is O=C=N[C@@H](Cc1ccc(-c2ccccc2)cc1)C(=O)O. The number of carbonyl (C=O) groups is 1. The standard InChI is InChI=1S/C16H13NO3/c18-11-17-15(16(19)20)10-12-6-8-14(9-7-12)13-4-2-1-3-5-13/h1-9,15H,10H2,(H,19,20)/t15-/m0/s1. The van der Waals surface area contributed by atoms with E-state index in [0.717, 1.165) is 16.7 Å². The second-order valence-corrected chi connectivity index (χ2v) is 4.34. The zero-order chi connectivity index (χ0) is 14.4. The molecule has 0 saturated carbocycles. The van der Waals surface area contributed by atoms with Gasteiger partial charge in [0, 0.05) is 6.42 Å². The molecule has 2 aromatic carbocycles. The number of carboxylic acid groups (broad SMARTS) is 1. The van der Waals surface area contributed by atoms with Crippen molar-refractivity contribution in [3.8, 4) is 11.1 Å². The molecule has 2 aromatic rings. The maximum atomic E-state index is 10.9. The van der Waals surface area contributed by atoms with Gasteiger partial charge in [0.1, 0.15) is 0 Å². The fraction of sp³-hybridized carbons (Fsp3) is 0.125. The van der Waals surface area contributed by atoms with Crippen LogP contribution in [0.15, 0.2) is 59.6 Å². The summed E-state index contributed by atoms with van der Waals surface area (Å²) in [6.07, 6.45) is 1.48. The van der Waals surface area contributed by atoms with E-state index >= 15 is 0 Å². The Hall–Kier alpha value is -2.71. The van der Waals surface area contributed by atoms with Crippen molar-refractivity contribution < 1.29 is 14.7 Å². The molecule has 0 unspecified atom stereocenters. The molecule has 0 bridgehead atoms. The highest BCUT2D eigenvalue weighted by atomic mass is 16.4. The molecule has 0 aliphatic rings. The summed E-state index contributed by atoms with van der Waals surface area (Å²) >= 11 is 0. The van der Waals surface area contributed by atoms with Crippen LogP contribution in [0.1, 0.15) is 5.56 Å². The molecule has 0 aromatic heterocycles. The Morgan fingerprint density at radius 3 is 2.20 bits per heavy atom. The summed E-state index contributed by atoms with van der Waals surface area (Å²) in [4.78, 5) is 24.4. The van der Waals surface area contributed by atoms with Crippen LogP contribution >= 0.6 is 0 Å². The third-order valence-corrected chi connectivity index (χ3v) is 2.98. The molecule has 0 aliphatic carbocycles. The van der Waals surface area contributed by atoms with Crippen molar-refractivity contribution in [3.63, 3.8) is 0 Å². The summed E-state index contributed by atoms with van der Waals surface area (Å²) in [6, 6.07) is 16.4. The number of aliphatic imine (C=N–C) groups is 1. The fourth-order valence-electron chi connectivity index (χ4n) is 1.94. The molecule has 1 atom stereocenters. The van der Waals surface area contributed by atoms with Gasteiger partial charge in [-0.15, -0.1) is 0 Å². The van der Waals surface area contributed by atoms with Crippen molar-refractivity contribution in [2.75, 3.05) is 0 Å². The minimum absolute atomic E-state index is 0.180. The third-order valence-electron chi connectivity index (χ3n) is 2.98. The molecule has 4 heteroatoms. The van der Waals surface area contributed by atoms with E-state index in [2.05, 4.69) is 4.99 Å². The first kappa shape index (κ1) is 13.7. The van der Waals surface area contributed by atoms with Gasteiger partial charge in [0.25, 0.3) is 0 Å². The number of carbonyl (C=O) groups excluding carboxylic acids is 1. The van der Waals surface area contributed by atoms with Gasteiger partial charge in [0.05, 0.1) is 0 Å². The lowest BCUT2D eigenvalue weighted by Crippen LogP contribution is -2.20. The number of aliphatic carboxylic acids is 1. The summed E-state index contributed by atoms with van der Waals surface area (Å²) in [5.41, 5.74) is 2.97. The van der Waals surface area contributed by atoms with Gasteiger partial charge in [0.2, 0.25) is 6.08 Å². The quantitative estimate of drug-likeness (QED) is 0.669. The number of hydrogen-bond donors (Lipinski definition) is 1. The van der Waals surface area contributed by atoms with Crippen LogP contribution in [-0.4, -0.2) is 23.2 Å². The van der Waals surface area contributed by atoms with Crippen LogP contribution in [0.3, 0.4) is 0 Å². The van der Waals surface area contributed by atoms with E-state index in [9.17, 15) is 9.59 Å². The zero-order valence-corrected chi connectivity index (χ0v) is 10.7. The van der Waals surface area contributed by atoms with E-state index in [1.165, 1.54) is 6.08 Å². The maximum Gasteiger partial charge on any atom is 0.329 e. The molecule has 0 saturated heterocycles. The van der Waals surface area contributed by atoms with E-state index in [1.807, 2.05) is 54.6 Å². The second kappa shape index (κ2) is 6.45. The Balaban J connectivity index is 2.16. The Labute approximate surface area is 116 Å². The third kappa shape index (κ3) is 3.40. The van der Waals surface area contributed by atoms with Crippen molar-refractivity contribution in [3.05, 3.63) is 60.2 Å². The van der Waals surface area contributed by atoms with Gasteiger partial charge in [-0.1, -0.05) is 54.6 Å². The molecule has 20 heavy (non-hydrogen) atoms. The summed E-state index contributed by atoms with van der Waals surface area (Å²) in [5.74, 6) is -1.12. The van der Waals surface area contributed by atoms with E-state index < -0.39 is 12.0 Å². The molecule has 0 amide bonds. The number of hydrogen-bond acceptors (Lipinski definition) is 3. The lowest BCUT2D eigenvalue weighted by atomic mass is 10.0. The van der Waals surface area contributed by atoms with Gasteiger partial charge >= 0.3 is 5.97 Å². The van der Waals surface area contributed by atoms with E-state index in [4.69, 9.17) is 5.11 Å². The highest BCUT2D eigenvalue weighted by molar-refractivity contribution is 5.75. The largest absolute Gasteiger partial charge is 0.480 e. The molecule has 2 rings (SSSR count). The minimum Gasteiger partial charge on any atom is -0.480 e. The minimum atomic E-state index is -1.12. The summed E-state index contributed by atoms with van der Waals surface area (Å²) in [7, 11) is 0. The predicted octanol–water partition coefficient (Wildman–Crippen LogP) is 2.69. The van der Waals surface area contributed by atoms with Gasteiger partial charge in [-0.05, 0) is 16.7 Å². The first-order chi connectivity index (χ1) is 9.70. The molecule has 1 N–H and O–H groups in total. The Bertz CT molecular complexity index is 627. The van der Waals surface area contributed by atoms with E-state index in [0.29, 0.717) is 0 Å². The molecule has 0 aliphatic heterocycles. The normalized spacial score (nSPS) is 11.4. The van der Waals surface area contributed by atoms with Gasteiger partial charge < -0.3 is 5.11 Å². The summed E-state index contributed by atoms with van der Waals surface area (Å²) in [6.45, 7) is 0. The molecule has 100 valence electrons. The number of nitrogens with zero attached hydrogens (tertiary/aromatic N) is 1. The first-order valence-electron chi connectivity index (χ1n) is 6.15. The summed E-state index contributed by atoms with van der Waals surface area (Å²) in [5, 5.41) is 8.93. The molecular weight excluding hydrogens is 254 g/mol. The lowest BCUT2D eigenvalue weighted by Gasteiger charge is -2.07. The monoisotopic (exact) mass is 267 g/mol. The topological polar surface area (TPSA) is 66.7 Å². The second-order valence-electron chi connectivity index (χ2n) is 4.34. The first-order valence-corrected chi connectivity index (χ1v) is 6.15. The van der Waals surface area contributed by atoms with Crippen molar-refractivity contribution in [1.82, 2.24) is 0 Å². The van der Waals surface area contributed by atoms with Crippen molar-refractivity contribution >= 4 is 12.0 Å². The Kier molecular flexibility index (Phi) is 4.43. The number of rotatable bonds is 5. The van der Waals surface area contributed by atoms with Crippen LogP contribution in [0.25, 0.3) is 11.1 Å². The Morgan fingerprint density at radius 2 is 1.65 bits per heavy atom. The fourth-order valence-corrected chi connectivity index (χ4v) is 1.94. The summed E-state index contributed by atoms with van der Waals surface area (Å²) < 4.78 is 0. The van der Waals surface area contributed by atoms with Crippen LogP contribution in [-0.2, 0) is 16.0 Å². The van der Waals surface area contributed by atoms with Crippen LogP contribution in [0.2, 0.25) is 0 Å². The Morgan fingerprint density at radius 1 is 1.05 bits per heavy atom. The van der Waals surface area contributed by atoms with Crippen LogP contribution in [0.4, 0.5) is 0 Å². The van der Waals surface area contributed by atoms with Crippen LogP contribution < -0.4 is 0 Å². The van der Waals surface area contributed by atoms with Crippen molar-refractivity contribution in [2.45, 2.75) is 12.5 Å². The highest BCUT2D eigenvalue weighted by Crippen LogP contribution is 2.19. The molecule has 0 spiro atoms. The molecular formula is C16H13NO3. The molecule has 0 fully saturated rings. The molecule has 0 radical (unpaired) electrons. The van der Waals surface area contributed by atoms with Crippen LogP contribution in [0, 0.1) is 0 Å². The maximum absolute atomic E-state index is 10.9. The average Bonchev–Trinajstić information content (AvgIpc) is 2.48. The van der Waals surface area contributed by atoms with Gasteiger partial charge in [-0.25, -0.2) is 9.59 Å². The van der Waals surface area contributed by atoms with Gasteiger partial charge in [-0.2, -0.15) is 4.99 Å². The van der Waals surface area contributed by atoms with E-state index in [1.54, 1.807) is 0 Å². The predicted molar refractivity (Wildman–Crippen MR) is 75.1 cm³/mol. The number of benzene rings is 2. The van der Waals surface area contributed by atoms with Crippen LogP contribution in [0.5, 0.6) is 0 Å². The highest BCUT2D eigenvalue weighted by Gasteiger charge is 2.16. The molecule has 0 heterocycles. The lowest BCUT2D eigenvalue weighted by molar-refractivity contribution is -0.138. The smallest absolute Gasteiger partial charge is 0.329 e. The number of carboxylic acids is 1. The van der Waals surface area contributed by atoms with Gasteiger partial charge in [-0.3, -0.25) is 0 Å². The number of isocyanates is 1. The van der Waals surface area contributed by atoms with Gasteiger partial charge in [0.15, 0.2) is 6.04 Å².